The number of anilines is 2. The van der Waals surface area contributed by atoms with Crippen LogP contribution in [0.2, 0.25) is 0 Å². The van der Waals surface area contributed by atoms with Gasteiger partial charge >= 0.3 is 5.97 Å². The summed E-state index contributed by atoms with van der Waals surface area (Å²) in [5, 5.41) is 17.1. The molecule has 0 fully saturated rings. The van der Waals surface area contributed by atoms with Gasteiger partial charge in [-0.15, -0.1) is 11.8 Å². The molecular formula is C38H31N3O5S. The Morgan fingerprint density at radius 1 is 0.660 bits per heavy atom. The van der Waals surface area contributed by atoms with E-state index in [0.717, 1.165) is 21.6 Å². The van der Waals surface area contributed by atoms with Crippen molar-refractivity contribution in [3.63, 3.8) is 0 Å². The summed E-state index contributed by atoms with van der Waals surface area (Å²) < 4.78 is 0. The topological polar surface area (TPSA) is 125 Å². The molecule has 9 heteroatoms. The smallest absolute Gasteiger partial charge is 0.335 e. The number of benzene rings is 5. The lowest BCUT2D eigenvalue weighted by Gasteiger charge is -2.18. The molecule has 47 heavy (non-hydrogen) atoms. The number of carbonyl (C=O) groups is 4. The number of hydrogen-bond acceptors (Lipinski definition) is 5. The van der Waals surface area contributed by atoms with E-state index in [4.69, 9.17) is 5.11 Å². The van der Waals surface area contributed by atoms with Gasteiger partial charge in [-0.2, -0.15) is 0 Å². The second-order valence-electron chi connectivity index (χ2n) is 10.5. The third-order valence-corrected chi connectivity index (χ3v) is 8.39. The molecular weight excluding hydrogens is 611 g/mol. The highest BCUT2D eigenvalue weighted by Crippen LogP contribution is 2.37. The predicted molar refractivity (Wildman–Crippen MR) is 185 cm³/mol. The number of aromatic carboxylic acids is 1. The van der Waals surface area contributed by atoms with E-state index < -0.39 is 23.0 Å². The molecule has 4 N–H and O–H groups in total. The third kappa shape index (κ3) is 8.84. The number of carbonyl (C=O) groups excluding carboxylic acids is 3. The Bertz CT molecular complexity index is 1910. The number of hydrogen-bond donors (Lipinski definition) is 4. The van der Waals surface area contributed by atoms with Gasteiger partial charge in [0.05, 0.1) is 5.56 Å². The molecule has 0 radical (unpaired) electrons. The first-order valence-corrected chi connectivity index (χ1v) is 15.6. The molecule has 0 aromatic heterocycles. The molecule has 0 saturated carbocycles. The minimum Gasteiger partial charge on any atom is -0.478 e. The van der Waals surface area contributed by atoms with E-state index in [-0.39, 0.29) is 17.2 Å². The van der Waals surface area contributed by atoms with Crippen LogP contribution in [-0.4, -0.2) is 28.8 Å². The summed E-state index contributed by atoms with van der Waals surface area (Å²) in [5.74, 6) is -2.22. The van der Waals surface area contributed by atoms with E-state index in [0.29, 0.717) is 16.9 Å². The maximum absolute atomic E-state index is 13.5. The van der Waals surface area contributed by atoms with Crippen LogP contribution in [0.25, 0.3) is 6.08 Å². The van der Waals surface area contributed by atoms with Crippen molar-refractivity contribution in [3.8, 4) is 0 Å². The molecule has 3 amide bonds. The lowest BCUT2D eigenvalue weighted by Crippen LogP contribution is -2.30. The number of carboxylic acid groups (broad SMARTS) is 1. The van der Waals surface area contributed by atoms with E-state index >= 15 is 0 Å². The number of carboxylic acids is 1. The Balaban J connectivity index is 1.32. The normalized spacial score (nSPS) is 11.6. The molecule has 1 atom stereocenters. The predicted octanol–water partition coefficient (Wildman–Crippen LogP) is 7.57. The minimum atomic E-state index is -1.05. The average molecular weight is 642 g/mol. The number of rotatable bonds is 11. The van der Waals surface area contributed by atoms with Crippen LogP contribution in [0.5, 0.6) is 0 Å². The van der Waals surface area contributed by atoms with Crippen molar-refractivity contribution in [1.82, 2.24) is 5.32 Å². The fraction of sp³-hybridized carbons (Fsp3) is 0.0526. The van der Waals surface area contributed by atoms with Crippen LogP contribution in [0.15, 0.2) is 144 Å². The third-order valence-electron chi connectivity index (χ3n) is 7.12. The number of amides is 3. The summed E-state index contributed by atoms with van der Waals surface area (Å²) in [6, 6.07) is 38.6. The highest BCUT2D eigenvalue weighted by molar-refractivity contribution is 8.00. The molecule has 5 aromatic carbocycles. The second kappa shape index (κ2) is 15.4. The van der Waals surface area contributed by atoms with Crippen LogP contribution < -0.4 is 16.0 Å². The van der Waals surface area contributed by atoms with E-state index in [1.165, 1.54) is 23.9 Å². The molecule has 0 aliphatic carbocycles. The van der Waals surface area contributed by atoms with Crippen molar-refractivity contribution in [1.29, 1.82) is 0 Å². The first kappa shape index (κ1) is 32.5. The molecule has 0 spiro atoms. The zero-order valence-electron chi connectivity index (χ0n) is 25.3. The van der Waals surface area contributed by atoms with Gasteiger partial charge in [0.15, 0.2) is 0 Å². The molecule has 0 bridgehead atoms. The fourth-order valence-electron chi connectivity index (χ4n) is 4.60. The van der Waals surface area contributed by atoms with Crippen molar-refractivity contribution < 1.29 is 24.3 Å². The van der Waals surface area contributed by atoms with Crippen LogP contribution in [0.4, 0.5) is 11.4 Å². The summed E-state index contributed by atoms with van der Waals surface area (Å²) in [6.07, 6.45) is 1.65. The minimum absolute atomic E-state index is 0.0869. The van der Waals surface area contributed by atoms with Crippen LogP contribution in [0.3, 0.4) is 0 Å². The number of nitrogens with one attached hydrogen (secondary N) is 3. The van der Waals surface area contributed by atoms with Gasteiger partial charge in [-0.25, -0.2) is 4.79 Å². The van der Waals surface area contributed by atoms with Crippen molar-refractivity contribution in [2.75, 3.05) is 10.6 Å². The number of aryl methyl sites for hydroxylation is 1. The van der Waals surface area contributed by atoms with Crippen molar-refractivity contribution >= 4 is 52.9 Å². The Morgan fingerprint density at radius 3 is 1.87 bits per heavy atom. The van der Waals surface area contributed by atoms with Gasteiger partial charge in [0.2, 0.25) is 5.91 Å². The molecule has 0 saturated heterocycles. The van der Waals surface area contributed by atoms with E-state index in [1.54, 1.807) is 66.7 Å². The summed E-state index contributed by atoms with van der Waals surface area (Å²) >= 11 is 1.33. The molecule has 0 aliphatic heterocycles. The average Bonchev–Trinajstić information content (AvgIpc) is 3.09. The van der Waals surface area contributed by atoms with Gasteiger partial charge in [0.25, 0.3) is 11.8 Å². The summed E-state index contributed by atoms with van der Waals surface area (Å²) in [7, 11) is 0. The molecule has 8 nitrogen and oxygen atoms in total. The second-order valence-corrected chi connectivity index (χ2v) is 11.7. The largest absolute Gasteiger partial charge is 0.478 e. The lowest BCUT2D eigenvalue weighted by molar-refractivity contribution is -0.116. The fourth-order valence-corrected chi connectivity index (χ4v) is 5.63. The Hall–Kier alpha value is -5.93. The maximum Gasteiger partial charge on any atom is 0.335 e. The van der Waals surface area contributed by atoms with Gasteiger partial charge < -0.3 is 21.1 Å². The van der Waals surface area contributed by atoms with Gasteiger partial charge in [0.1, 0.15) is 10.9 Å². The van der Waals surface area contributed by atoms with Crippen molar-refractivity contribution in [2.45, 2.75) is 17.1 Å². The van der Waals surface area contributed by atoms with Crippen molar-refractivity contribution in [2.24, 2.45) is 0 Å². The highest BCUT2D eigenvalue weighted by atomic mass is 32.2. The Morgan fingerprint density at radius 2 is 1.23 bits per heavy atom. The molecule has 234 valence electrons. The monoisotopic (exact) mass is 641 g/mol. The summed E-state index contributed by atoms with van der Waals surface area (Å²) in [6.45, 7) is 1.93. The first-order chi connectivity index (χ1) is 22.8. The van der Waals surface area contributed by atoms with Crippen molar-refractivity contribution in [3.05, 3.63) is 167 Å². The standard InChI is InChI=1S/C38H31N3O5S/c1-25-10-8-9-15-29(25)24-33(41-35(42)27-13-6-3-7-14-27)36(43)39-31-20-22-32(23-21-31)47-34(26-11-4-2-5-12-26)37(44)40-30-18-16-28(17-19-30)38(45)46/h2-24,34H,1H3,(H,39,43)(H,40,44)(H,41,42)(H,45,46)/b33-24-. The van der Waals surface area contributed by atoms with Crippen LogP contribution >= 0.6 is 11.8 Å². The van der Waals surface area contributed by atoms with E-state index in [9.17, 15) is 19.2 Å². The zero-order chi connectivity index (χ0) is 33.2. The highest BCUT2D eigenvalue weighted by Gasteiger charge is 2.23. The van der Waals surface area contributed by atoms with Gasteiger partial charge in [-0.1, -0.05) is 72.8 Å². The Labute approximate surface area is 276 Å². The van der Waals surface area contributed by atoms with Gasteiger partial charge in [-0.3, -0.25) is 14.4 Å². The molecule has 5 rings (SSSR count). The zero-order valence-corrected chi connectivity index (χ0v) is 26.2. The Kier molecular flexibility index (Phi) is 10.6. The van der Waals surface area contributed by atoms with Gasteiger partial charge in [0, 0.05) is 21.8 Å². The summed E-state index contributed by atoms with van der Waals surface area (Å²) in [4.78, 5) is 51.9. The van der Waals surface area contributed by atoms with E-state index in [1.807, 2.05) is 67.6 Å². The SMILES string of the molecule is Cc1ccccc1/C=C(\NC(=O)c1ccccc1)C(=O)Nc1ccc(SC(C(=O)Nc2ccc(C(=O)O)cc2)c2ccccc2)cc1. The van der Waals surface area contributed by atoms with Crippen LogP contribution in [0.1, 0.15) is 42.7 Å². The van der Waals surface area contributed by atoms with Crippen LogP contribution in [-0.2, 0) is 9.59 Å². The quantitative estimate of drug-likeness (QED) is 0.0871. The molecule has 5 aromatic rings. The molecule has 1 unspecified atom stereocenters. The number of thioether (sulfide) groups is 1. The molecule has 0 aliphatic rings. The van der Waals surface area contributed by atoms with E-state index in [2.05, 4.69) is 16.0 Å². The van der Waals surface area contributed by atoms with Crippen LogP contribution in [0, 0.1) is 6.92 Å². The van der Waals surface area contributed by atoms with Gasteiger partial charge in [-0.05, 0) is 90.4 Å². The maximum atomic E-state index is 13.5. The lowest BCUT2D eigenvalue weighted by atomic mass is 10.1. The first-order valence-electron chi connectivity index (χ1n) is 14.7. The molecule has 0 heterocycles. The summed E-state index contributed by atoms with van der Waals surface area (Å²) in [5.41, 5.74) is 4.14.